The van der Waals surface area contributed by atoms with E-state index in [9.17, 15) is 23.3 Å². The molecule has 1 aliphatic rings. The van der Waals surface area contributed by atoms with Gasteiger partial charge in [0.2, 0.25) is 5.91 Å². The Labute approximate surface area is 168 Å². The summed E-state index contributed by atoms with van der Waals surface area (Å²) in [5.41, 5.74) is 2.12. The molecule has 1 heterocycles. The maximum absolute atomic E-state index is 12.7. The minimum atomic E-state index is -3.15. The Hall–Kier alpha value is -3.07. The predicted octanol–water partition coefficient (Wildman–Crippen LogP) is 2.60. The fourth-order valence-electron chi connectivity index (χ4n) is 3.19. The number of benzodiazepines with no additional fused rings is 1. The van der Waals surface area contributed by atoms with Gasteiger partial charge in [-0.3, -0.25) is 19.9 Å². The van der Waals surface area contributed by atoms with Gasteiger partial charge in [-0.25, -0.2) is 8.42 Å². The largest absolute Gasteiger partial charge is 0.310 e. The molecule has 0 aromatic heterocycles. The molecule has 152 valence electrons. The summed E-state index contributed by atoms with van der Waals surface area (Å²) in [5.74, 6) is -0.257. The zero-order valence-electron chi connectivity index (χ0n) is 15.9. The molecule has 0 unspecified atom stereocenters. The number of aliphatic imine (C=N–C) groups is 1. The zero-order chi connectivity index (χ0) is 21.0. The number of nitro benzene ring substituents is 1. The first-order valence-electron chi connectivity index (χ1n) is 9.22. The molecule has 1 amide bonds. The first kappa shape index (κ1) is 20.7. The van der Waals surface area contributed by atoms with Crippen LogP contribution >= 0.6 is 0 Å². The molecule has 8 nitrogen and oxygen atoms in total. The van der Waals surface area contributed by atoms with Crippen LogP contribution < -0.4 is 4.90 Å². The highest BCUT2D eigenvalue weighted by atomic mass is 32.2. The molecule has 0 radical (unpaired) electrons. The third-order valence-electron chi connectivity index (χ3n) is 4.73. The van der Waals surface area contributed by atoms with E-state index in [1.54, 1.807) is 6.92 Å². The molecule has 2 aromatic rings. The second-order valence-electron chi connectivity index (χ2n) is 6.62. The molecule has 2 aromatic carbocycles. The lowest BCUT2D eigenvalue weighted by Gasteiger charge is -2.23. The molecule has 0 saturated carbocycles. The second-order valence-corrected chi connectivity index (χ2v) is 9.10. The minimum Gasteiger partial charge on any atom is -0.310 e. The van der Waals surface area contributed by atoms with Crippen molar-refractivity contribution in [3.63, 3.8) is 0 Å². The highest BCUT2D eigenvalue weighted by molar-refractivity contribution is 7.91. The van der Waals surface area contributed by atoms with E-state index in [0.717, 1.165) is 5.56 Å². The van der Waals surface area contributed by atoms with Gasteiger partial charge in [0, 0.05) is 35.6 Å². The van der Waals surface area contributed by atoms with E-state index < -0.39 is 14.8 Å². The van der Waals surface area contributed by atoms with Crippen LogP contribution in [0.25, 0.3) is 0 Å². The van der Waals surface area contributed by atoms with Crippen molar-refractivity contribution >= 4 is 32.8 Å². The van der Waals surface area contributed by atoms with E-state index in [1.165, 1.54) is 23.1 Å². The number of nitrogens with zero attached hydrogens (tertiary/aromatic N) is 3. The van der Waals surface area contributed by atoms with Crippen LogP contribution in [-0.2, 0) is 14.6 Å². The van der Waals surface area contributed by atoms with Crippen molar-refractivity contribution in [1.29, 1.82) is 0 Å². The summed E-state index contributed by atoms with van der Waals surface area (Å²) in [6.45, 7) is 1.66. The number of amides is 1. The Balaban J connectivity index is 2.03. The van der Waals surface area contributed by atoms with Gasteiger partial charge in [-0.2, -0.15) is 0 Å². The summed E-state index contributed by atoms with van der Waals surface area (Å²) >= 11 is 0. The van der Waals surface area contributed by atoms with Gasteiger partial charge in [0.05, 0.1) is 22.1 Å². The maximum Gasteiger partial charge on any atom is 0.270 e. The number of carbonyl (C=O) groups excluding carboxylic acids is 1. The van der Waals surface area contributed by atoms with Crippen molar-refractivity contribution in [3.8, 4) is 0 Å². The summed E-state index contributed by atoms with van der Waals surface area (Å²) in [6.07, 6.45) is 0.277. The lowest BCUT2D eigenvalue weighted by atomic mass is 9.99. The number of non-ortho nitro benzene ring substituents is 1. The third-order valence-corrected chi connectivity index (χ3v) is 6.52. The normalized spacial score (nSPS) is 14.2. The van der Waals surface area contributed by atoms with Crippen LogP contribution in [0.1, 0.15) is 24.5 Å². The average molecular weight is 415 g/mol. The van der Waals surface area contributed by atoms with Crippen LogP contribution in [0.3, 0.4) is 0 Å². The van der Waals surface area contributed by atoms with E-state index in [-0.39, 0.29) is 42.6 Å². The molecule has 0 saturated heterocycles. The fourth-order valence-corrected chi connectivity index (χ4v) is 4.05. The molecular formula is C20H21N3O5S. The number of anilines is 1. The van der Waals surface area contributed by atoms with E-state index >= 15 is 0 Å². The van der Waals surface area contributed by atoms with Crippen molar-refractivity contribution in [1.82, 2.24) is 0 Å². The Morgan fingerprint density at radius 1 is 1.17 bits per heavy atom. The number of hydrogen-bond acceptors (Lipinski definition) is 6. The highest BCUT2D eigenvalue weighted by Gasteiger charge is 2.27. The molecule has 1 aliphatic heterocycles. The number of carbonyl (C=O) groups is 1. The van der Waals surface area contributed by atoms with Crippen LogP contribution in [0.15, 0.2) is 53.5 Å². The van der Waals surface area contributed by atoms with Crippen LogP contribution in [-0.4, -0.2) is 49.6 Å². The number of hydrogen-bond donors (Lipinski definition) is 0. The molecule has 3 rings (SSSR count). The summed E-state index contributed by atoms with van der Waals surface area (Å²) in [6, 6.07) is 13.4. The molecular weight excluding hydrogens is 394 g/mol. The quantitative estimate of drug-likeness (QED) is 0.510. The predicted molar refractivity (Wildman–Crippen MR) is 111 cm³/mol. The first-order chi connectivity index (χ1) is 13.8. The van der Waals surface area contributed by atoms with Gasteiger partial charge in [-0.05, 0) is 12.5 Å². The van der Waals surface area contributed by atoms with E-state index in [1.807, 2.05) is 30.3 Å². The summed E-state index contributed by atoms with van der Waals surface area (Å²) < 4.78 is 23.6. The van der Waals surface area contributed by atoms with Crippen molar-refractivity contribution in [2.75, 3.05) is 29.5 Å². The summed E-state index contributed by atoms with van der Waals surface area (Å²) in [5, 5.41) is 11.3. The minimum absolute atomic E-state index is 0.0258. The SMILES string of the molecule is CCS(=O)(=O)CCCN1C(=O)CN=C(c2ccccc2)c2cc([N+](=O)[O-])ccc21. The fraction of sp³-hybridized carbons (Fsp3) is 0.300. The standard InChI is InChI=1S/C20H21N3O5S/c1-2-29(27,28)12-6-11-22-18-10-9-16(23(25)26)13-17(18)20(21-14-19(22)24)15-7-4-3-5-8-15/h3-5,7-10,13H,2,6,11-12,14H2,1H3. The molecule has 0 spiro atoms. The van der Waals surface area contributed by atoms with Crippen molar-refractivity contribution in [3.05, 3.63) is 69.8 Å². The van der Waals surface area contributed by atoms with E-state index in [4.69, 9.17) is 0 Å². The van der Waals surface area contributed by atoms with Gasteiger partial charge in [-0.1, -0.05) is 37.3 Å². The van der Waals surface area contributed by atoms with Crippen molar-refractivity contribution < 1.29 is 18.1 Å². The average Bonchev–Trinajstić information content (AvgIpc) is 2.85. The Morgan fingerprint density at radius 3 is 2.55 bits per heavy atom. The number of fused-ring (bicyclic) bond motifs is 1. The monoisotopic (exact) mass is 415 g/mol. The Morgan fingerprint density at radius 2 is 1.90 bits per heavy atom. The second kappa shape index (κ2) is 8.52. The molecule has 0 atom stereocenters. The van der Waals surface area contributed by atoms with Crippen molar-refractivity contribution in [2.45, 2.75) is 13.3 Å². The summed E-state index contributed by atoms with van der Waals surface area (Å²) in [7, 11) is -3.15. The molecule has 9 heteroatoms. The van der Waals surface area contributed by atoms with Gasteiger partial charge >= 0.3 is 0 Å². The topological polar surface area (TPSA) is 110 Å². The maximum atomic E-state index is 12.7. The smallest absolute Gasteiger partial charge is 0.270 e. The number of sulfone groups is 1. The Bertz CT molecular complexity index is 1060. The van der Waals surface area contributed by atoms with Crippen LogP contribution in [0.2, 0.25) is 0 Å². The van der Waals surface area contributed by atoms with Gasteiger partial charge in [0.25, 0.3) is 5.69 Å². The number of nitro groups is 1. The summed E-state index contributed by atoms with van der Waals surface area (Å²) in [4.78, 5) is 29.4. The highest BCUT2D eigenvalue weighted by Crippen LogP contribution is 2.30. The molecule has 0 N–H and O–H groups in total. The molecule has 0 bridgehead atoms. The van der Waals surface area contributed by atoms with E-state index in [2.05, 4.69) is 4.99 Å². The molecule has 0 aliphatic carbocycles. The lowest BCUT2D eigenvalue weighted by molar-refractivity contribution is -0.384. The number of rotatable bonds is 7. The first-order valence-corrected chi connectivity index (χ1v) is 11.0. The van der Waals surface area contributed by atoms with Crippen molar-refractivity contribution in [2.24, 2.45) is 4.99 Å². The van der Waals surface area contributed by atoms with Crippen LogP contribution in [0, 0.1) is 10.1 Å². The Kier molecular flexibility index (Phi) is 6.07. The van der Waals surface area contributed by atoms with Gasteiger partial charge < -0.3 is 4.90 Å². The molecule has 29 heavy (non-hydrogen) atoms. The van der Waals surface area contributed by atoms with Gasteiger partial charge in [-0.15, -0.1) is 0 Å². The zero-order valence-corrected chi connectivity index (χ0v) is 16.8. The van der Waals surface area contributed by atoms with E-state index in [0.29, 0.717) is 17.0 Å². The van der Waals surface area contributed by atoms with Gasteiger partial charge in [0.1, 0.15) is 16.4 Å². The third kappa shape index (κ3) is 4.68. The van der Waals surface area contributed by atoms with Crippen LogP contribution in [0.4, 0.5) is 11.4 Å². The van der Waals surface area contributed by atoms with Crippen LogP contribution in [0.5, 0.6) is 0 Å². The van der Waals surface area contributed by atoms with Gasteiger partial charge in [0.15, 0.2) is 0 Å². The number of benzene rings is 2. The lowest BCUT2D eigenvalue weighted by Crippen LogP contribution is -2.34. The molecule has 0 fully saturated rings.